The number of hydrogen-bond donors (Lipinski definition) is 2. The molecule has 6 nitrogen and oxygen atoms in total. The largest absolute Gasteiger partial charge is 0.507 e. The Bertz CT molecular complexity index is 759. The van der Waals surface area contributed by atoms with Gasteiger partial charge in [-0.1, -0.05) is 12.1 Å². The Morgan fingerprint density at radius 1 is 1.27 bits per heavy atom. The maximum Gasteiger partial charge on any atom is 0.270 e. The van der Waals surface area contributed by atoms with Gasteiger partial charge in [0.1, 0.15) is 11.6 Å². The molecule has 22 heavy (non-hydrogen) atoms. The molecule has 2 aromatic rings. The number of aromatic hydroxyl groups is 1. The lowest BCUT2D eigenvalue weighted by Gasteiger charge is -2.10. The highest BCUT2D eigenvalue weighted by Gasteiger charge is 2.24. The number of phenolic OH excluding ortho intramolecular Hbond substituents is 1. The molecule has 0 spiro atoms. The molecule has 1 heterocycles. The lowest BCUT2D eigenvalue weighted by molar-refractivity contribution is -0.384. The third kappa shape index (κ3) is 2.60. The first-order valence-corrected chi connectivity index (χ1v) is 6.60. The van der Waals surface area contributed by atoms with Gasteiger partial charge in [-0.25, -0.2) is 4.39 Å². The number of nitrogens with one attached hydrogen (secondary N) is 1. The van der Waals surface area contributed by atoms with Gasteiger partial charge in [0.05, 0.1) is 16.7 Å². The second-order valence-corrected chi connectivity index (χ2v) is 4.95. The highest BCUT2D eigenvalue weighted by atomic mass is 19.1. The fraction of sp³-hybridized carbons (Fsp3) is 0.133. The van der Waals surface area contributed by atoms with Gasteiger partial charge < -0.3 is 10.5 Å². The molecule has 2 aromatic carbocycles. The van der Waals surface area contributed by atoms with Gasteiger partial charge in [-0.3, -0.25) is 10.1 Å². The van der Waals surface area contributed by atoms with E-state index < -0.39 is 4.92 Å². The number of non-ortho nitro benzene ring substituents is 1. The number of nitro benzene ring substituents is 1. The Balaban J connectivity index is 1.84. The van der Waals surface area contributed by atoms with E-state index in [0.717, 1.165) is 5.56 Å². The molecule has 0 saturated carbocycles. The van der Waals surface area contributed by atoms with Crippen molar-refractivity contribution in [1.29, 1.82) is 0 Å². The Labute approximate surface area is 125 Å². The highest BCUT2D eigenvalue weighted by molar-refractivity contribution is 6.04. The highest BCUT2D eigenvalue weighted by Crippen LogP contribution is 2.30. The van der Waals surface area contributed by atoms with Crippen molar-refractivity contribution in [3.05, 3.63) is 69.5 Å². The van der Waals surface area contributed by atoms with Crippen molar-refractivity contribution in [1.82, 2.24) is 5.43 Å². The summed E-state index contributed by atoms with van der Waals surface area (Å²) in [5.41, 5.74) is 4.49. The summed E-state index contributed by atoms with van der Waals surface area (Å²) in [7, 11) is 0. The molecule has 0 saturated heterocycles. The van der Waals surface area contributed by atoms with E-state index in [1.807, 2.05) is 0 Å². The van der Waals surface area contributed by atoms with Crippen LogP contribution in [0.2, 0.25) is 0 Å². The molecule has 0 fully saturated rings. The number of hydrogen-bond acceptors (Lipinski definition) is 5. The van der Waals surface area contributed by atoms with Crippen LogP contribution in [0.5, 0.6) is 5.75 Å². The van der Waals surface area contributed by atoms with Crippen LogP contribution in [0.1, 0.15) is 23.6 Å². The second-order valence-electron chi connectivity index (χ2n) is 4.95. The van der Waals surface area contributed by atoms with E-state index in [-0.39, 0.29) is 23.3 Å². The number of hydrazone groups is 1. The molecule has 1 aliphatic rings. The Morgan fingerprint density at radius 3 is 2.68 bits per heavy atom. The van der Waals surface area contributed by atoms with Gasteiger partial charge >= 0.3 is 0 Å². The molecular weight excluding hydrogens is 289 g/mol. The van der Waals surface area contributed by atoms with E-state index in [9.17, 15) is 19.6 Å². The van der Waals surface area contributed by atoms with E-state index in [4.69, 9.17) is 0 Å². The van der Waals surface area contributed by atoms with Gasteiger partial charge in [0, 0.05) is 24.1 Å². The number of halogens is 1. The SMILES string of the molecule is O=[N+]([O-])c1ccc(O)c(C2=NN[C@H](c3ccc(F)cc3)C2)c1. The third-order valence-corrected chi connectivity index (χ3v) is 3.53. The molecule has 112 valence electrons. The van der Waals surface area contributed by atoms with Crippen LogP contribution in [-0.4, -0.2) is 15.7 Å². The summed E-state index contributed by atoms with van der Waals surface area (Å²) in [4.78, 5) is 10.3. The predicted octanol–water partition coefficient (Wildman–Crippen LogP) is 2.88. The number of rotatable bonds is 3. The van der Waals surface area contributed by atoms with Gasteiger partial charge in [0.25, 0.3) is 5.69 Å². The number of benzene rings is 2. The number of nitro groups is 1. The van der Waals surface area contributed by atoms with Crippen LogP contribution in [0.25, 0.3) is 0 Å². The Hall–Kier alpha value is -2.96. The monoisotopic (exact) mass is 301 g/mol. The maximum atomic E-state index is 12.9. The maximum absolute atomic E-state index is 12.9. The molecule has 1 atom stereocenters. The molecule has 0 radical (unpaired) electrons. The van der Waals surface area contributed by atoms with Crippen molar-refractivity contribution in [2.75, 3.05) is 0 Å². The van der Waals surface area contributed by atoms with Crippen LogP contribution < -0.4 is 5.43 Å². The minimum Gasteiger partial charge on any atom is -0.507 e. The lowest BCUT2D eigenvalue weighted by atomic mass is 9.98. The normalized spacial score (nSPS) is 17.0. The summed E-state index contributed by atoms with van der Waals surface area (Å²) in [6, 6.07) is 9.68. The van der Waals surface area contributed by atoms with E-state index in [0.29, 0.717) is 17.7 Å². The standard InChI is InChI=1S/C15H12FN3O3/c16-10-3-1-9(2-4-10)13-8-14(18-17-13)12-7-11(19(21)22)5-6-15(12)20/h1-7,13,17,20H,8H2/t13-/m0/s1. The van der Waals surface area contributed by atoms with Crippen molar-refractivity contribution in [3.8, 4) is 5.75 Å². The van der Waals surface area contributed by atoms with E-state index in [1.165, 1.54) is 30.3 Å². The molecule has 2 N–H and O–H groups in total. The first kappa shape index (κ1) is 14.0. The summed E-state index contributed by atoms with van der Waals surface area (Å²) in [5.74, 6) is -0.384. The van der Waals surface area contributed by atoms with Gasteiger partial charge in [0.2, 0.25) is 0 Å². The minimum atomic E-state index is -0.524. The van der Waals surface area contributed by atoms with Gasteiger partial charge in [-0.05, 0) is 23.8 Å². The Kier molecular flexibility index (Phi) is 3.46. The smallest absolute Gasteiger partial charge is 0.270 e. The Morgan fingerprint density at radius 2 is 2.00 bits per heavy atom. The number of nitrogens with zero attached hydrogens (tertiary/aromatic N) is 2. The molecule has 0 aromatic heterocycles. The van der Waals surface area contributed by atoms with Crippen molar-refractivity contribution in [2.45, 2.75) is 12.5 Å². The average molecular weight is 301 g/mol. The molecule has 1 aliphatic heterocycles. The predicted molar refractivity (Wildman–Crippen MR) is 78.2 cm³/mol. The fourth-order valence-corrected chi connectivity index (χ4v) is 2.37. The van der Waals surface area contributed by atoms with Crippen LogP contribution >= 0.6 is 0 Å². The summed E-state index contributed by atoms with van der Waals surface area (Å²) in [6.07, 6.45) is 0.445. The van der Waals surface area contributed by atoms with Gasteiger partial charge in [-0.2, -0.15) is 5.10 Å². The zero-order chi connectivity index (χ0) is 15.7. The topological polar surface area (TPSA) is 87.8 Å². The molecule has 0 amide bonds. The minimum absolute atomic E-state index is 0.0640. The fourth-order valence-electron chi connectivity index (χ4n) is 2.37. The molecule has 0 aliphatic carbocycles. The van der Waals surface area contributed by atoms with Crippen molar-refractivity contribution in [3.63, 3.8) is 0 Å². The van der Waals surface area contributed by atoms with Crippen LogP contribution in [0.15, 0.2) is 47.6 Å². The summed E-state index contributed by atoms with van der Waals surface area (Å²) >= 11 is 0. The van der Waals surface area contributed by atoms with Crippen molar-refractivity contribution in [2.24, 2.45) is 5.10 Å². The van der Waals surface area contributed by atoms with Crippen molar-refractivity contribution >= 4 is 11.4 Å². The van der Waals surface area contributed by atoms with E-state index in [1.54, 1.807) is 12.1 Å². The average Bonchev–Trinajstić information content (AvgIpc) is 2.98. The zero-order valence-electron chi connectivity index (χ0n) is 11.4. The molecular formula is C15H12FN3O3. The molecule has 3 rings (SSSR count). The van der Waals surface area contributed by atoms with Crippen LogP contribution in [0.4, 0.5) is 10.1 Å². The van der Waals surface area contributed by atoms with Gasteiger partial charge in [-0.15, -0.1) is 0 Å². The molecule has 7 heteroatoms. The lowest BCUT2D eigenvalue weighted by Crippen LogP contribution is -2.09. The number of phenols is 1. The van der Waals surface area contributed by atoms with Crippen LogP contribution in [0.3, 0.4) is 0 Å². The van der Waals surface area contributed by atoms with Crippen LogP contribution in [-0.2, 0) is 0 Å². The summed E-state index contributed by atoms with van der Waals surface area (Å²) in [5, 5.41) is 24.9. The van der Waals surface area contributed by atoms with E-state index in [2.05, 4.69) is 10.5 Å². The summed E-state index contributed by atoms with van der Waals surface area (Å²) in [6.45, 7) is 0. The van der Waals surface area contributed by atoms with Crippen LogP contribution in [0, 0.1) is 15.9 Å². The quantitative estimate of drug-likeness (QED) is 0.674. The molecule has 0 unspecified atom stereocenters. The second kappa shape index (κ2) is 5.44. The van der Waals surface area contributed by atoms with Crippen molar-refractivity contribution < 1.29 is 14.4 Å². The first-order chi connectivity index (χ1) is 10.5. The third-order valence-electron chi connectivity index (χ3n) is 3.53. The van der Waals surface area contributed by atoms with Gasteiger partial charge in [0.15, 0.2) is 0 Å². The zero-order valence-corrected chi connectivity index (χ0v) is 11.4. The molecule has 0 bridgehead atoms. The first-order valence-electron chi connectivity index (χ1n) is 6.60. The summed E-state index contributed by atoms with van der Waals surface area (Å²) < 4.78 is 12.9. The van der Waals surface area contributed by atoms with E-state index >= 15 is 0 Å².